The number of hydrogen-bond donors (Lipinski definition) is 4. The Morgan fingerprint density at radius 1 is 1.63 bits per heavy atom. The Morgan fingerprint density at radius 3 is 3.11 bits per heavy atom. The molecule has 19 heavy (non-hydrogen) atoms. The highest BCUT2D eigenvalue weighted by Gasteiger charge is 2.35. The van der Waals surface area contributed by atoms with Gasteiger partial charge in [-0.3, -0.25) is 4.79 Å². The molecule has 0 amide bonds. The van der Waals surface area contributed by atoms with Crippen LogP contribution in [0.15, 0.2) is 17.2 Å². The van der Waals surface area contributed by atoms with E-state index in [0.717, 1.165) is 0 Å². The molecule has 3 atom stereocenters. The highest BCUT2D eigenvalue weighted by molar-refractivity contribution is 5.76. The molecule has 1 aliphatic rings. The molecule has 3 rings (SSSR count). The molecule has 0 saturated carbocycles. The molecule has 0 bridgehead atoms. The zero-order valence-electron chi connectivity index (χ0n) is 9.98. The van der Waals surface area contributed by atoms with Crippen LogP contribution >= 0.6 is 0 Å². The fraction of sp³-hybridized carbons (Fsp3) is 0.455. The van der Waals surface area contributed by atoms with Crippen LogP contribution in [0.25, 0.3) is 11.0 Å². The molecule has 102 valence electrons. The predicted octanol–water partition coefficient (Wildman–Crippen LogP) is -1.05. The minimum Gasteiger partial charge on any atom is -0.394 e. The Hall–Kier alpha value is -1.90. The van der Waals surface area contributed by atoms with Crippen LogP contribution in [0.5, 0.6) is 0 Å². The normalized spacial score (nSPS) is 27.2. The number of aromatic nitrogens is 3. The van der Waals surface area contributed by atoms with Gasteiger partial charge in [0, 0.05) is 12.5 Å². The van der Waals surface area contributed by atoms with Gasteiger partial charge in [-0.25, -0.2) is 4.98 Å². The molecule has 3 heterocycles. The molecule has 1 fully saturated rings. The predicted molar refractivity (Wildman–Crippen MR) is 66.4 cm³/mol. The molecule has 1 saturated heterocycles. The molecule has 8 nitrogen and oxygen atoms in total. The lowest BCUT2D eigenvalue weighted by Gasteiger charge is -2.14. The van der Waals surface area contributed by atoms with Crippen molar-refractivity contribution in [2.45, 2.75) is 24.9 Å². The molecule has 8 heteroatoms. The van der Waals surface area contributed by atoms with Crippen LogP contribution < -0.4 is 11.3 Å². The van der Waals surface area contributed by atoms with Crippen LogP contribution in [0.4, 0.5) is 5.82 Å². The van der Waals surface area contributed by atoms with Crippen LogP contribution in [-0.2, 0) is 4.74 Å². The van der Waals surface area contributed by atoms with Crippen molar-refractivity contribution in [1.29, 1.82) is 0 Å². The third-order valence-corrected chi connectivity index (χ3v) is 3.29. The zero-order valence-corrected chi connectivity index (χ0v) is 9.98. The van der Waals surface area contributed by atoms with Crippen LogP contribution in [0.2, 0.25) is 0 Å². The molecule has 0 radical (unpaired) electrons. The van der Waals surface area contributed by atoms with Gasteiger partial charge in [0.05, 0.1) is 24.6 Å². The SMILES string of the molecule is Nc1cc2c(ncn2[C@@H]2C[C@@H](O)[C@@H](CO)O2)c(=O)[nH]1. The molecule has 5 N–H and O–H groups in total. The monoisotopic (exact) mass is 266 g/mol. The van der Waals surface area contributed by atoms with Gasteiger partial charge in [0.1, 0.15) is 18.1 Å². The van der Waals surface area contributed by atoms with Crippen molar-refractivity contribution in [2.24, 2.45) is 0 Å². The van der Waals surface area contributed by atoms with E-state index in [4.69, 9.17) is 15.6 Å². The number of nitrogen functional groups attached to an aromatic ring is 1. The van der Waals surface area contributed by atoms with Crippen molar-refractivity contribution in [2.75, 3.05) is 12.3 Å². The molecule has 2 aromatic rings. The number of ether oxygens (including phenoxy) is 1. The maximum absolute atomic E-state index is 11.7. The van der Waals surface area contributed by atoms with Crippen molar-refractivity contribution < 1.29 is 14.9 Å². The molecule has 0 aromatic carbocycles. The summed E-state index contributed by atoms with van der Waals surface area (Å²) in [5.74, 6) is 0.233. The van der Waals surface area contributed by atoms with Crippen molar-refractivity contribution in [3.63, 3.8) is 0 Å². The molecular weight excluding hydrogens is 252 g/mol. The summed E-state index contributed by atoms with van der Waals surface area (Å²) in [5, 5.41) is 18.8. The summed E-state index contributed by atoms with van der Waals surface area (Å²) in [4.78, 5) is 18.2. The summed E-state index contributed by atoms with van der Waals surface area (Å²) < 4.78 is 7.16. The molecule has 2 aromatic heterocycles. The van der Waals surface area contributed by atoms with Gasteiger partial charge in [-0.2, -0.15) is 0 Å². The van der Waals surface area contributed by atoms with Gasteiger partial charge in [-0.05, 0) is 0 Å². The minimum atomic E-state index is -0.744. The topological polar surface area (TPSA) is 126 Å². The van der Waals surface area contributed by atoms with E-state index in [2.05, 4.69) is 9.97 Å². The third kappa shape index (κ3) is 1.89. The summed E-state index contributed by atoms with van der Waals surface area (Å²) in [6, 6.07) is 1.59. The summed E-state index contributed by atoms with van der Waals surface area (Å²) in [5.41, 5.74) is 6.04. The molecule has 0 unspecified atom stereocenters. The number of H-pyrrole nitrogens is 1. The Morgan fingerprint density at radius 2 is 2.42 bits per heavy atom. The lowest BCUT2D eigenvalue weighted by Crippen LogP contribution is -2.24. The Balaban J connectivity index is 2.05. The minimum absolute atomic E-state index is 0.233. The zero-order chi connectivity index (χ0) is 13.6. The third-order valence-electron chi connectivity index (χ3n) is 3.29. The Labute approximate surface area is 107 Å². The second-order valence-electron chi connectivity index (χ2n) is 4.55. The maximum Gasteiger partial charge on any atom is 0.277 e. The number of rotatable bonds is 2. The number of aliphatic hydroxyl groups excluding tert-OH is 2. The Kier molecular flexibility index (Phi) is 2.77. The van der Waals surface area contributed by atoms with Crippen LogP contribution in [0, 0.1) is 0 Å². The highest BCUT2D eigenvalue weighted by Crippen LogP contribution is 2.30. The molecular formula is C11H14N4O4. The number of nitrogens with two attached hydrogens (primary N) is 1. The van der Waals surface area contributed by atoms with E-state index in [1.165, 1.54) is 6.33 Å². The lowest BCUT2D eigenvalue weighted by atomic mass is 10.2. The average Bonchev–Trinajstić information content (AvgIpc) is 2.92. The van der Waals surface area contributed by atoms with E-state index < -0.39 is 18.4 Å². The number of pyridine rings is 1. The van der Waals surface area contributed by atoms with E-state index in [1.54, 1.807) is 10.6 Å². The molecule has 1 aliphatic heterocycles. The first kappa shape index (κ1) is 12.2. The Bertz CT molecular complexity index is 664. The smallest absolute Gasteiger partial charge is 0.277 e. The van der Waals surface area contributed by atoms with Gasteiger partial charge in [0.2, 0.25) is 0 Å². The van der Waals surface area contributed by atoms with Crippen LogP contribution in [0.3, 0.4) is 0 Å². The number of aromatic amines is 1. The first-order valence-electron chi connectivity index (χ1n) is 5.90. The molecule has 0 aliphatic carbocycles. The fourth-order valence-corrected chi connectivity index (χ4v) is 2.34. The number of aliphatic hydroxyl groups is 2. The number of nitrogens with zero attached hydrogens (tertiary/aromatic N) is 2. The van der Waals surface area contributed by atoms with Crippen LogP contribution in [0.1, 0.15) is 12.6 Å². The van der Waals surface area contributed by atoms with Crippen molar-refractivity contribution >= 4 is 16.9 Å². The fourth-order valence-electron chi connectivity index (χ4n) is 2.34. The van der Waals surface area contributed by atoms with Gasteiger partial charge in [0.25, 0.3) is 5.56 Å². The standard InChI is InChI=1S/C11H14N4O4/c12-8-1-5-10(11(18)14-8)13-4-15(5)9-2-6(17)7(3-16)19-9/h1,4,6-7,9,16-17H,2-3H2,(H3,12,14,18)/t6-,7-,9+/m1/s1. The van der Waals surface area contributed by atoms with E-state index >= 15 is 0 Å². The van der Waals surface area contributed by atoms with Crippen LogP contribution in [-0.4, -0.2) is 43.6 Å². The van der Waals surface area contributed by atoms with E-state index in [0.29, 0.717) is 11.9 Å². The van der Waals surface area contributed by atoms with E-state index in [1.807, 2.05) is 0 Å². The summed E-state index contributed by atoms with van der Waals surface area (Å²) in [7, 11) is 0. The second kappa shape index (κ2) is 4.34. The second-order valence-corrected chi connectivity index (χ2v) is 4.55. The van der Waals surface area contributed by atoms with E-state index in [-0.39, 0.29) is 23.5 Å². The first-order valence-corrected chi connectivity index (χ1v) is 5.90. The number of fused-ring (bicyclic) bond motifs is 1. The largest absolute Gasteiger partial charge is 0.394 e. The maximum atomic E-state index is 11.7. The number of nitrogens with one attached hydrogen (secondary N) is 1. The quantitative estimate of drug-likeness (QED) is 0.549. The van der Waals surface area contributed by atoms with Gasteiger partial charge in [-0.1, -0.05) is 0 Å². The average molecular weight is 266 g/mol. The van der Waals surface area contributed by atoms with Gasteiger partial charge in [0.15, 0.2) is 5.52 Å². The van der Waals surface area contributed by atoms with E-state index in [9.17, 15) is 9.90 Å². The summed E-state index contributed by atoms with van der Waals surface area (Å²) in [6.07, 6.45) is -0.0493. The highest BCUT2D eigenvalue weighted by atomic mass is 16.5. The first-order chi connectivity index (χ1) is 9.10. The van der Waals surface area contributed by atoms with Crippen molar-refractivity contribution in [3.05, 3.63) is 22.7 Å². The lowest BCUT2D eigenvalue weighted by molar-refractivity contribution is -0.0430. The van der Waals surface area contributed by atoms with Gasteiger partial charge < -0.3 is 30.2 Å². The van der Waals surface area contributed by atoms with Crippen molar-refractivity contribution in [1.82, 2.24) is 14.5 Å². The van der Waals surface area contributed by atoms with Crippen molar-refractivity contribution in [3.8, 4) is 0 Å². The van der Waals surface area contributed by atoms with Gasteiger partial charge >= 0.3 is 0 Å². The summed E-state index contributed by atoms with van der Waals surface area (Å²) in [6.45, 7) is -0.257. The summed E-state index contributed by atoms with van der Waals surface area (Å²) >= 11 is 0. The molecule has 0 spiro atoms. The number of anilines is 1. The number of hydrogen-bond acceptors (Lipinski definition) is 6. The number of imidazole rings is 1. The van der Waals surface area contributed by atoms with Gasteiger partial charge in [-0.15, -0.1) is 0 Å².